The van der Waals surface area contributed by atoms with Gasteiger partial charge in [0, 0.05) is 11.6 Å². The molecule has 0 saturated carbocycles. The Balaban J connectivity index is 2.00. The highest BCUT2D eigenvalue weighted by atomic mass is 19.1. The number of aromatic nitrogens is 1. The SMILES string of the molecule is Cc1cc(/C=C/c2nccc3ccccc23)ccc1F. The van der Waals surface area contributed by atoms with Crippen LogP contribution in [0.4, 0.5) is 4.39 Å². The van der Waals surface area contributed by atoms with Crippen LogP contribution < -0.4 is 0 Å². The second-order valence-electron chi connectivity index (χ2n) is 4.76. The average molecular weight is 263 g/mol. The first kappa shape index (κ1) is 12.5. The highest BCUT2D eigenvalue weighted by molar-refractivity contribution is 5.91. The lowest BCUT2D eigenvalue weighted by Crippen LogP contribution is -1.84. The van der Waals surface area contributed by atoms with E-state index < -0.39 is 0 Å². The van der Waals surface area contributed by atoms with Crippen molar-refractivity contribution in [2.24, 2.45) is 0 Å². The van der Waals surface area contributed by atoms with Gasteiger partial charge in [-0.1, -0.05) is 36.4 Å². The second-order valence-corrected chi connectivity index (χ2v) is 4.76. The Labute approximate surface area is 117 Å². The van der Waals surface area contributed by atoms with Gasteiger partial charge in [-0.15, -0.1) is 0 Å². The van der Waals surface area contributed by atoms with Crippen molar-refractivity contribution in [2.45, 2.75) is 6.92 Å². The molecule has 3 rings (SSSR count). The molecule has 0 atom stereocenters. The van der Waals surface area contributed by atoms with Gasteiger partial charge in [-0.2, -0.15) is 0 Å². The maximum atomic E-state index is 13.2. The van der Waals surface area contributed by atoms with Crippen molar-refractivity contribution in [3.8, 4) is 0 Å². The molecule has 0 radical (unpaired) electrons. The molecular weight excluding hydrogens is 249 g/mol. The van der Waals surface area contributed by atoms with Gasteiger partial charge >= 0.3 is 0 Å². The quantitative estimate of drug-likeness (QED) is 0.644. The van der Waals surface area contributed by atoms with Crippen molar-refractivity contribution >= 4 is 22.9 Å². The molecule has 0 N–H and O–H groups in total. The first-order chi connectivity index (χ1) is 9.74. The molecule has 0 amide bonds. The highest BCUT2D eigenvalue weighted by Gasteiger charge is 1.99. The first-order valence-corrected chi connectivity index (χ1v) is 6.52. The Morgan fingerprint density at radius 1 is 1.00 bits per heavy atom. The minimum absolute atomic E-state index is 0.176. The summed E-state index contributed by atoms with van der Waals surface area (Å²) in [6.07, 6.45) is 5.73. The van der Waals surface area contributed by atoms with Crippen LogP contribution in [0.2, 0.25) is 0 Å². The fourth-order valence-electron chi connectivity index (χ4n) is 2.22. The molecule has 0 aliphatic carbocycles. The average Bonchev–Trinajstić information content (AvgIpc) is 2.48. The molecule has 98 valence electrons. The Morgan fingerprint density at radius 3 is 2.70 bits per heavy atom. The molecule has 0 aliphatic heterocycles. The molecule has 0 spiro atoms. The molecule has 2 heteroatoms. The summed E-state index contributed by atoms with van der Waals surface area (Å²) < 4.78 is 13.2. The van der Waals surface area contributed by atoms with E-state index in [-0.39, 0.29) is 5.82 Å². The summed E-state index contributed by atoms with van der Waals surface area (Å²) in [6.45, 7) is 1.77. The lowest BCUT2D eigenvalue weighted by molar-refractivity contribution is 0.618. The fraction of sp³-hybridized carbons (Fsp3) is 0.0556. The smallest absolute Gasteiger partial charge is 0.126 e. The van der Waals surface area contributed by atoms with E-state index in [0.29, 0.717) is 5.56 Å². The van der Waals surface area contributed by atoms with Crippen LogP contribution in [0, 0.1) is 12.7 Å². The number of rotatable bonds is 2. The van der Waals surface area contributed by atoms with Gasteiger partial charge in [0.05, 0.1) is 5.69 Å². The molecule has 0 aliphatic rings. The van der Waals surface area contributed by atoms with E-state index in [2.05, 4.69) is 17.1 Å². The standard InChI is InChI=1S/C18H14FN/c1-13-12-14(6-8-17(13)19)7-9-18-16-5-3-2-4-15(16)10-11-20-18/h2-12H,1H3/b9-7+. The van der Waals surface area contributed by atoms with Gasteiger partial charge in [-0.05, 0) is 47.7 Å². The van der Waals surface area contributed by atoms with E-state index in [0.717, 1.165) is 22.0 Å². The zero-order valence-electron chi connectivity index (χ0n) is 11.2. The number of aryl methyl sites for hydroxylation is 1. The van der Waals surface area contributed by atoms with Gasteiger partial charge < -0.3 is 0 Å². The number of hydrogen-bond donors (Lipinski definition) is 0. The van der Waals surface area contributed by atoms with Gasteiger partial charge in [0.1, 0.15) is 5.82 Å². The van der Waals surface area contributed by atoms with E-state index in [1.54, 1.807) is 19.2 Å². The maximum absolute atomic E-state index is 13.2. The van der Waals surface area contributed by atoms with Gasteiger partial charge in [0.2, 0.25) is 0 Å². The van der Waals surface area contributed by atoms with Crippen LogP contribution in [-0.4, -0.2) is 4.98 Å². The summed E-state index contributed by atoms with van der Waals surface area (Å²) in [5.74, 6) is -0.176. The van der Waals surface area contributed by atoms with Crippen LogP contribution in [0.1, 0.15) is 16.8 Å². The molecule has 1 nitrogen and oxygen atoms in total. The second kappa shape index (κ2) is 5.25. The molecule has 1 heterocycles. The summed E-state index contributed by atoms with van der Waals surface area (Å²) in [5.41, 5.74) is 2.54. The van der Waals surface area contributed by atoms with E-state index in [9.17, 15) is 4.39 Å². The predicted molar refractivity (Wildman–Crippen MR) is 81.8 cm³/mol. The van der Waals surface area contributed by atoms with E-state index >= 15 is 0 Å². The Hall–Kier alpha value is -2.48. The topological polar surface area (TPSA) is 12.9 Å². The van der Waals surface area contributed by atoms with E-state index in [4.69, 9.17) is 0 Å². The molecule has 1 aromatic heterocycles. The third kappa shape index (κ3) is 2.45. The zero-order valence-corrected chi connectivity index (χ0v) is 11.2. The minimum Gasteiger partial charge on any atom is -0.256 e. The third-order valence-electron chi connectivity index (χ3n) is 3.32. The van der Waals surface area contributed by atoms with Gasteiger partial charge in [-0.3, -0.25) is 4.98 Å². The number of hydrogen-bond acceptors (Lipinski definition) is 1. The molecule has 0 saturated heterocycles. The minimum atomic E-state index is -0.176. The number of pyridine rings is 1. The summed E-state index contributed by atoms with van der Waals surface area (Å²) in [7, 11) is 0. The number of fused-ring (bicyclic) bond motifs is 1. The lowest BCUT2D eigenvalue weighted by Gasteiger charge is -2.01. The lowest BCUT2D eigenvalue weighted by atomic mass is 10.1. The number of nitrogens with zero attached hydrogens (tertiary/aromatic N) is 1. The maximum Gasteiger partial charge on any atom is 0.126 e. The highest BCUT2D eigenvalue weighted by Crippen LogP contribution is 2.19. The van der Waals surface area contributed by atoms with Crippen molar-refractivity contribution < 1.29 is 4.39 Å². The van der Waals surface area contributed by atoms with Crippen molar-refractivity contribution in [2.75, 3.05) is 0 Å². The first-order valence-electron chi connectivity index (χ1n) is 6.52. The summed E-state index contributed by atoms with van der Waals surface area (Å²) in [4.78, 5) is 4.40. The molecule has 0 fully saturated rings. The Kier molecular flexibility index (Phi) is 3.30. The van der Waals surface area contributed by atoms with Crippen molar-refractivity contribution in [1.82, 2.24) is 4.98 Å². The van der Waals surface area contributed by atoms with Gasteiger partial charge in [0.25, 0.3) is 0 Å². The van der Waals surface area contributed by atoms with Crippen LogP contribution in [0.25, 0.3) is 22.9 Å². The number of halogens is 1. The van der Waals surface area contributed by atoms with E-state index in [1.165, 1.54) is 6.07 Å². The Bertz CT molecular complexity index is 785. The summed E-state index contributed by atoms with van der Waals surface area (Å²) >= 11 is 0. The fourth-order valence-corrected chi connectivity index (χ4v) is 2.22. The molecule has 3 aromatic rings. The molecule has 0 unspecified atom stereocenters. The molecular formula is C18H14FN. The summed E-state index contributed by atoms with van der Waals surface area (Å²) in [6, 6.07) is 15.2. The van der Waals surface area contributed by atoms with Crippen LogP contribution in [0.15, 0.2) is 54.7 Å². The summed E-state index contributed by atoms with van der Waals surface area (Å²) in [5, 5.41) is 2.28. The number of benzene rings is 2. The zero-order chi connectivity index (χ0) is 13.9. The normalized spacial score (nSPS) is 11.3. The monoisotopic (exact) mass is 263 g/mol. The van der Waals surface area contributed by atoms with Gasteiger partial charge in [0.15, 0.2) is 0 Å². The Morgan fingerprint density at radius 2 is 1.85 bits per heavy atom. The van der Waals surface area contributed by atoms with Crippen molar-refractivity contribution in [3.63, 3.8) is 0 Å². The van der Waals surface area contributed by atoms with Crippen LogP contribution >= 0.6 is 0 Å². The molecule has 20 heavy (non-hydrogen) atoms. The third-order valence-corrected chi connectivity index (χ3v) is 3.32. The largest absolute Gasteiger partial charge is 0.256 e. The van der Waals surface area contributed by atoms with Crippen LogP contribution in [0.3, 0.4) is 0 Å². The van der Waals surface area contributed by atoms with Gasteiger partial charge in [-0.25, -0.2) is 4.39 Å². The van der Waals surface area contributed by atoms with Crippen LogP contribution in [-0.2, 0) is 0 Å². The predicted octanol–water partition coefficient (Wildman–Crippen LogP) is 4.85. The van der Waals surface area contributed by atoms with Crippen LogP contribution in [0.5, 0.6) is 0 Å². The molecule has 0 bridgehead atoms. The molecule has 2 aromatic carbocycles. The van der Waals surface area contributed by atoms with E-state index in [1.807, 2.05) is 36.4 Å². The van der Waals surface area contributed by atoms with Crippen molar-refractivity contribution in [1.29, 1.82) is 0 Å². The van der Waals surface area contributed by atoms with Crippen molar-refractivity contribution in [3.05, 3.63) is 77.4 Å².